The minimum absolute atomic E-state index is 0.00818. The second-order valence-electron chi connectivity index (χ2n) is 8.39. The minimum Gasteiger partial charge on any atom is -0.492 e. The highest BCUT2D eigenvalue weighted by Gasteiger charge is 2.23. The lowest BCUT2D eigenvalue weighted by molar-refractivity contribution is 0.0746. The third-order valence-electron chi connectivity index (χ3n) is 6.27. The lowest BCUT2D eigenvalue weighted by Gasteiger charge is -2.35. The predicted molar refractivity (Wildman–Crippen MR) is 137 cm³/mol. The number of aromatic nitrogens is 3. The smallest absolute Gasteiger partial charge is 0.253 e. The number of pyridine rings is 2. The van der Waals surface area contributed by atoms with E-state index in [0.29, 0.717) is 49.7 Å². The lowest BCUT2D eigenvalue weighted by Crippen LogP contribution is -2.49. The van der Waals surface area contributed by atoms with E-state index in [4.69, 9.17) is 16.1 Å². The summed E-state index contributed by atoms with van der Waals surface area (Å²) in [5.74, 6) is 4.09. The Morgan fingerprint density at radius 1 is 1.11 bits per heavy atom. The number of fused-ring (bicyclic) bond motifs is 1. The number of ether oxygens (including phenoxy) is 1. The lowest BCUT2D eigenvalue weighted by atomic mass is 10.1. The first-order chi connectivity index (χ1) is 17.6. The number of amides is 1. The molecule has 1 fully saturated rings. The van der Waals surface area contributed by atoms with E-state index >= 15 is 0 Å². The van der Waals surface area contributed by atoms with Crippen molar-refractivity contribution in [2.75, 3.05) is 37.7 Å². The Bertz CT molecular complexity index is 1480. The van der Waals surface area contributed by atoms with Crippen LogP contribution in [0, 0.1) is 23.7 Å². The average Bonchev–Trinajstić information content (AvgIpc) is 3.36. The minimum atomic E-state index is 0.00818. The Hall–Kier alpha value is -4.82. The van der Waals surface area contributed by atoms with Gasteiger partial charge in [0.05, 0.1) is 30.1 Å². The van der Waals surface area contributed by atoms with Crippen molar-refractivity contribution in [3.8, 4) is 35.3 Å². The molecule has 1 aromatic carbocycles. The van der Waals surface area contributed by atoms with Gasteiger partial charge < -0.3 is 14.5 Å². The van der Waals surface area contributed by atoms with Crippen molar-refractivity contribution in [1.82, 2.24) is 19.5 Å². The zero-order valence-corrected chi connectivity index (χ0v) is 19.9. The van der Waals surface area contributed by atoms with Gasteiger partial charge in [-0.1, -0.05) is 5.92 Å². The van der Waals surface area contributed by atoms with Crippen LogP contribution in [-0.2, 0) is 0 Å². The van der Waals surface area contributed by atoms with Crippen molar-refractivity contribution in [3.63, 3.8) is 0 Å². The van der Waals surface area contributed by atoms with Crippen molar-refractivity contribution in [3.05, 3.63) is 77.7 Å². The van der Waals surface area contributed by atoms with E-state index in [0.717, 1.165) is 28.0 Å². The zero-order valence-electron chi connectivity index (χ0n) is 19.9. The van der Waals surface area contributed by atoms with Crippen molar-refractivity contribution in [2.45, 2.75) is 6.92 Å². The molecule has 0 radical (unpaired) electrons. The maximum Gasteiger partial charge on any atom is 0.253 e. The summed E-state index contributed by atoms with van der Waals surface area (Å²) in [5.41, 5.74) is 4.31. The third kappa shape index (κ3) is 4.33. The summed E-state index contributed by atoms with van der Waals surface area (Å²) in [6.07, 6.45) is 10.5. The number of benzene rings is 1. The summed E-state index contributed by atoms with van der Waals surface area (Å²) < 4.78 is 7.37. The molecule has 0 atom stereocenters. The predicted octanol–water partition coefficient (Wildman–Crippen LogP) is 3.61. The molecule has 1 amide bonds. The van der Waals surface area contributed by atoms with Gasteiger partial charge >= 0.3 is 0 Å². The van der Waals surface area contributed by atoms with Crippen LogP contribution in [0.2, 0.25) is 0 Å². The molecule has 3 aromatic heterocycles. The summed E-state index contributed by atoms with van der Waals surface area (Å²) in [4.78, 5) is 21.6. The van der Waals surface area contributed by atoms with Gasteiger partial charge in [-0.2, -0.15) is 10.4 Å². The number of rotatable bonds is 5. The molecule has 0 unspecified atom stereocenters. The topological polar surface area (TPSA) is 86.8 Å². The van der Waals surface area contributed by atoms with Crippen LogP contribution < -0.4 is 9.64 Å². The average molecular weight is 477 g/mol. The molecule has 5 rings (SSSR count). The van der Waals surface area contributed by atoms with Crippen molar-refractivity contribution in [2.24, 2.45) is 0 Å². The normalized spacial score (nSPS) is 13.3. The maximum atomic E-state index is 12.9. The van der Waals surface area contributed by atoms with Crippen LogP contribution in [0.15, 0.2) is 61.1 Å². The number of nitrogens with zero attached hydrogens (tertiary/aromatic N) is 6. The molecule has 1 aliphatic heterocycles. The van der Waals surface area contributed by atoms with Crippen molar-refractivity contribution < 1.29 is 9.53 Å². The summed E-state index contributed by atoms with van der Waals surface area (Å²) in [5, 5.41) is 13.9. The molecule has 0 spiro atoms. The van der Waals surface area contributed by atoms with E-state index in [-0.39, 0.29) is 5.91 Å². The van der Waals surface area contributed by atoms with Gasteiger partial charge in [-0.15, -0.1) is 6.42 Å². The molecular formula is C28H24N6O2. The van der Waals surface area contributed by atoms with Crippen molar-refractivity contribution in [1.29, 1.82) is 5.26 Å². The summed E-state index contributed by atoms with van der Waals surface area (Å²) in [6, 6.07) is 15.2. The highest BCUT2D eigenvalue weighted by Crippen LogP contribution is 2.31. The van der Waals surface area contributed by atoms with Crippen molar-refractivity contribution >= 4 is 17.2 Å². The van der Waals surface area contributed by atoms with Gasteiger partial charge in [0, 0.05) is 54.6 Å². The number of terminal acetylenes is 1. The molecule has 1 aliphatic rings. The number of piperazine rings is 1. The first-order valence-corrected chi connectivity index (χ1v) is 11.7. The Morgan fingerprint density at radius 2 is 1.89 bits per heavy atom. The highest BCUT2D eigenvalue weighted by molar-refractivity contribution is 5.94. The zero-order chi connectivity index (χ0) is 25.1. The van der Waals surface area contributed by atoms with Crippen LogP contribution in [0.4, 0.5) is 5.82 Å². The number of hydrogen-bond acceptors (Lipinski definition) is 6. The number of anilines is 1. The number of carbonyl (C=O) groups excluding carboxylic acids is 1. The van der Waals surface area contributed by atoms with Crippen LogP contribution in [0.3, 0.4) is 0 Å². The summed E-state index contributed by atoms with van der Waals surface area (Å²) in [7, 11) is 0. The van der Waals surface area contributed by atoms with Crippen LogP contribution in [0.5, 0.6) is 5.75 Å². The molecule has 1 saturated heterocycles. The molecule has 178 valence electrons. The van der Waals surface area contributed by atoms with Crippen LogP contribution in [0.25, 0.3) is 16.6 Å². The molecule has 0 aliphatic carbocycles. The molecule has 0 saturated carbocycles. The maximum absolute atomic E-state index is 12.9. The van der Waals surface area contributed by atoms with E-state index in [1.165, 1.54) is 0 Å². The van der Waals surface area contributed by atoms with Crippen LogP contribution in [0.1, 0.15) is 28.4 Å². The fraction of sp³-hybridized carbons (Fsp3) is 0.214. The van der Waals surface area contributed by atoms with E-state index in [1.807, 2.05) is 30.0 Å². The molecule has 36 heavy (non-hydrogen) atoms. The molecular weight excluding hydrogens is 452 g/mol. The van der Waals surface area contributed by atoms with E-state index in [2.05, 4.69) is 22.0 Å². The van der Waals surface area contributed by atoms with Gasteiger partial charge in [0.25, 0.3) is 5.91 Å². The Labute approximate surface area is 209 Å². The van der Waals surface area contributed by atoms with Gasteiger partial charge in [-0.25, -0.2) is 9.50 Å². The molecule has 8 heteroatoms. The second-order valence-corrected chi connectivity index (χ2v) is 8.39. The summed E-state index contributed by atoms with van der Waals surface area (Å²) in [6.45, 7) is 5.04. The first-order valence-electron chi connectivity index (χ1n) is 11.7. The largest absolute Gasteiger partial charge is 0.492 e. The highest BCUT2D eigenvalue weighted by atomic mass is 16.5. The fourth-order valence-corrected chi connectivity index (χ4v) is 4.41. The number of carbonyl (C=O) groups is 1. The Morgan fingerprint density at radius 3 is 2.53 bits per heavy atom. The monoisotopic (exact) mass is 476 g/mol. The number of nitriles is 1. The molecule has 0 N–H and O–H groups in total. The van der Waals surface area contributed by atoms with E-state index in [1.54, 1.807) is 47.4 Å². The molecule has 4 aromatic rings. The second kappa shape index (κ2) is 9.81. The standard InChI is InChI=1S/C28H24N6O2/c1-3-20-5-7-21(8-6-20)28(35)33-13-11-32(12-14-33)26-10-9-22(17-30-26)25-15-24(36-4-2)19-34-27(25)23(16-29)18-31-34/h1,5-10,15,17-19H,4,11-14H2,2H3. The van der Waals surface area contributed by atoms with Gasteiger partial charge in [-0.3, -0.25) is 4.79 Å². The number of hydrogen-bond donors (Lipinski definition) is 0. The first kappa shape index (κ1) is 22.9. The van der Waals surface area contributed by atoms with Gasteiger partial charge in [-0.05, 0) is 49.4 Å². The molecule has 0 bridgehead atoms. The van der Waals surface area contributed by atoms with Gasteiger partial charge in [0.1, 0.15) is 17.6 Å². The molecule has 8 nitrogen and oxygen atoms in total. The Balaban J connectivity index is 1.32. The van der Waals surface area contributed by atoms with E-state index in [9.17, 15) is 10.1 Å². The quantitative estimate of drug-likeness (QED) is 0.409. The fourth-order valence-electron chi connectivity index (χ4n) is 4.41. The van der Waals surface area contributed by atoms with E-state index < -0.39 is 0 Å². The van der Waals surface area contributed by atoms with Gasteiger partial charge in [0.2, 0.25) is 0 Å². The third-order valence-corrected chi connectivity index (χ3v) is 6.27. The summed E-state index contributed by atoms with van der Waals surface area (Å²) >= 11 is 0. The molecule has 4 heterocycles. The van der Waals surface area contributed by atoms with Crippen LogP contribution >= 0.6 is 0 Å². The van der Waals surface area contributed by atoms with Gasteiger partial charge in [0.15, 0.2) is 0 Å². The Kier molecular flexibility index (Phi) is 6.25. The van der Waals surface area contributed by atoms with Crippen LogP contribution in [-0.4, -0.2) is 58.2 Å². The SMILES string of the molecule is C#Cc1ccc(C(=O)N2CCN(c3ccc(-c4cc(OCC)cn5ncc(C#N)c45)cn3)CC2)cc1.